The van der Waals surface area contributed by atoms with Crippen molar-refractivity contribution in [2.45, 2.75) is 18.5 Å². The summed E-state index contributed by atoms with van der Waals surface area (Å²) in [5.41, 5.74) is 4.81. The molecule has 3 rings (SSSR count). The summed E-state index contributed by atoms with van der Waals surface area (Å²) in [6, 6.07) is 7.54. The SMILES string of the molecule is CCOC(=O)CC1=CSc2nnc(-c3ccc(OC)cc3)n2N1. The largest absolute Gasteiger partial charge is 0.497 e. The Morgan fingerprint density at radius 2 is 2.09 bits per heavy atom. The maximum Gasteiger partial charge on any atom is 0.311 e. The zero-order valence-corrected chi connectivity index (χ0v) is 13.6. The highest BCUT2D eigenvalue weighted by Gasteiger charge is 2.20. The molecule has 8 heteroatoms. The van der Waals surface area contributed by atoms with Gasteiger partial charge in [0.2, 0.25) is 5.16 Å². The highest BCUT2D eigenvalue weighted by atomic mass is 32.2. The van der Waals surface area contributed by atoms with E-state index in [0.29, 0.717) is 17.6 Å². The number of thioether (sulfide) groups is 1. The van der Waals surface area contributed by atoms with E-state index < -0.39 is 0 Å². The van der Waals surface area contributed by atoms with Crippen molar-refractivity contribution in [1.29, 1.82) is 0 Å². The van der Waals surface area contributed by atoms with Crippen LogP contribution in [-0.4, -0.2) is 34.6 Å². The number of rotatable bonds is 5. The molecule has 1 aliphatic rings. The quantitative estimate of drug-likeness (QED) is 0.842. The van der Waals surface area contributed by atoms with Gasteiger partial charge in [-0.2, -0.15) is 0 Å². The van der Waals surface area contributed by atoms with Crippen molar-refractivity contribution < 1.29 is 14.3 Å². The van der Waals surface area contributed by atoms with Crippen molar-refractivity contribution in [1.82, 2.24) is 14.9 Å². The van der Waals surface area contributed by atoms with E-state index in [1.807, 2.05) is 29.7 Å². The predicted octanol–water partition coefficient (Wildman–Crippen LogP) is 2.40. The van der Waals surface area contributed by atoms with Gasteiger partial charge >= 0.3 is 5.97 Å². The van der Waals surface area contributed by atoms with Crippen molar-refractivity contribution in [2.24, 2.45) is 0 Å². The van der Waals surface area contributed by atoms with Gasteiger partial charge in [0.1, 0.15) is 5.75 Å². The van der Waals surface area contributed by atoms with Crippen LogP contribution in [0.5, 0.6) is 5.75 Å². The molecule has 1 aromatic carbocycles. The summed E-state index contributed by atoms with van der Waals surface area (Å²) in [7, 11) is 1.62. The summed E-state index contributed by atoms with van der Waals surface area (Å²) >= 11 is 1.41. The zero-order chi connectivity index (χ0) is 16.2. The minimum Gasteiger partial charge on any atom is -0.497 e. The molecule has 0 atom stereocenters. The van der Waals surface area contributed by atoms with Crippen LogP contribution in [0.25, 0.3) is 11.4 Å². The molecule has 0 saturated heterocycles. The smallest absolute Gasteiger partial charge is 0.311 e. The molecule has 2 aromatic rings. The maximum atomic E-state index is 11.6. The molecule has 23 heavy (non-hydrogen) atoms. The molecule has 0 radical (unpaired) electrons. The number of nitrogens with one attached hydrogen (secondary N) is 1. The molecule has 0 amide bonds. The Labute approximate surface area is 137 Å². The number of ether oxygens (including phenoxy) is 2. The summed E-state index contributed by atoms with van der Waals surface area (Å²) in [4.78, 5) is 11.6. The van der Waals surface area contributed by atoms with E-state index in [9.17, 15) is 4.79 Å². The molecule has 0 spiro atoms. The monoisotopic (exact) mass is 332 g/mol. The van der Waals surface area contributed by atoms with Gasteiger partial charge < -0.3 is 9.47 Å². The Balaban J connectivity index is 1.80. The molecule has 0 aliphatic carbocycles. The molecule has 1 N–H and O–H groups in total. The third-order valence-electron chi connectivity index (χ3n) is 3.18. The first-order chi connectivity index (χ1) is 11.2. The van der Waals surface area contributed by atoms with Crippen LogP contribution in [0.2, 0.25) is 0 Å². The first kappa shape index (κ1) is 15.4. The van der Waals surface area contributed by atoms with E-state index >= 15 is 0 Å². The number of hydrogen-bond donors (Lipinski definition) is 1. The van der Waals surface area contributed by atoms with Crippen LogP contribution in [0, 0.1) is 0 Å². The second kappa shape index (κ2) is 6.74. The van der Waals surface area contributed by atoms with Crippen molar-refractivity contribution >= 4 is 17.7 Å². The fraction of sp³-hybridized carbons (Fsp3) is 0.267. The lowest BCUT2D eigenvalue weighted by Crippen LogP contribution is -2.21. The molecule has 1 aromatic heterocycles. The normalized spacial score (nSPS) is 12.9. The van der Waals surface area contributed by atoms with Crippen molar-refractivity contribution in [3.8, 4) is 17.1 Å². The average molecular weight is 332 g/mol. The van der Waals surface area contributed by atoms with Crippen LogP contribution in [0.1, 0.15) is 13.3 Å². The summed E-state index contributed by atoms with van der Waals surface area (Å²) in [6.45, 7) is 2.16. The van der Waals surface area contributed by atoms with Gasteiger partial charge in [0, 0.05) is 11.0 Å². The molecule has 1 aliphatic heterocycles. The van der Waals surface area contributed by atoms with Crippen molar-refractivity contribution in [3.63, 3.8) is 0 Å². The van der Waals surface area contributed by atoms with E-state index in [0.717, 1.165) is 17.0 Å². The molecular formula is C15H16N4O3S. The Morgan fingerprint density at radius 3 is 2.78 bits per heavy atom. The van der Waals surface area contributed by atoms with E-state index in [4.69, 9.17) is 9.47 Å². The molecule has 120 valence electrons. The predicted molar refractivity (Wildman–Crippen MR) is 86.6 cm³/mol. The lowest BCUT2D eigenvalue weighted by molar-refractivity contribution is -0.142. The fourth-order valence-corrected chi connectivity index (χ4v) is 2.83. The Morgan fingerprint density at radius 1 is 1.30 bits per heavy atom. The number of carbonyl (C=O) groups excluding carboxylic acids is 1. The summed E-state index contributed by atoms with van der Waals surface area (Å²) < 4.78 is 11.9. The van der Waals surface area contributed by atoms with Gasteiger partial charge in [-0.25, -0.2) is 4.68 Å². The Bertz CT molecular complexity index is 740. The number of methoxy groups -OCH3 is 1. The average Bonchev–Trinajstić information content (AvgIpc) is 2.98. The number of hydrogen-bond acceptors (Lipinski definition) is 7. The Kier molecular flexibility index (Phi) is 4.52. The third kappa shape index (κ3) is 3.31. The van der Waals surface area contributed by atoms with E-state index in [1.54, 1.807) is 18.7 Å². The van der Waals surface area contributed by atoms with Crippen molar-refractivity contribution in [3.05, 3.63) is 35.4 Å². The first-order valence-electron chi connectivity index (χ1n) is 7.09. The number of nitrogens with zero attached hydrogens (tertiary/aromatic N) is 3. The van der Waals surface area contributed by atoms with Gasteiger partial charge in [-0.15, -0.1) is 10.2 Å². The standard InChI is InChI=1S/C15H16N4O3S/c1-3-22-13(20)8-11-9-23-15-17-16-14(19(15)18-11)10-4-6-12(21-2)7-5-10/h4-7,9,18H,3,8H2,1-2H3. The number of aromatic nitrogens is 3. The lowest BCUT2D eigenvalue weighted by Gasteiger charge is -2.18. The number of fused-ring (bicyclic) bond motifs is 1. The highest BCUT2D eigenvalue weighted by Crippen LogP contribution is 2.29. The highest BCUT2D eigenvalue weighted by molar-refractivity contribution is 8.02. The van der Waals surface area contributed by atoms with E-state index in [1.165, 1.54) is 11.8 Å². The third-order valence-corrected chi connectivity index (χ3v) is 4.06. The number of esters is 1. The minimum atomic E-state index is -0.269. The molecule has 7 nitrogen and oxygen atoms in total. The zero-order valence-electron chi connectivity index (χ0n) is 12.8. The van der Waals surface area contributed by atoms with Crippen LogP contribution in [0.3, 0.4) is 0 Å². The summed E-state index contributed by atoms with van der Waals surface area (Å²) in [6.07, 6.45) is 0.181. The van der Waals surface area contributed by atoms with Crippen LogP contribution >= 0.6 is 11.8 Å². The van der Waals surface area contributed by atoms with Crippen LogP contribution in [0.4, 0.5) is 0 Å². The maximum absolute atomic E-state index is 11.6. The first-order valence-corrected chi connectivity index (χ1v) is 7.97. The van der Waals surface area contributed by atoms with Crippen LogP contribution in [-0.2, 0) is 9.53 Å². The van der Waals surface area contributed by atoms with Gasteiger partial charge in [0.05, 0.1) is 25.8 Å². The molecule has 0 saturated carbocycles. The second-order valence-electron chi connectivity index (χ2n) is 4.72. The van der Waals surface area contributed by atoms with Gasteiger partial charge in [0.15, 0.2) is 5.82 Å². The van der Waals surface area contributed by atoms with Crippen LogP contribution in [0.15, 0.2) is 40.5 Å². The number of carbonyl (C=O) groups is 1. The topological polar surface area (TPSA) is 78.3 Å². The van der Waals surface area contributed by atoms with E-state index in [-0.39, 0.29) is 12.4 Å². The summed E-state index contributed by atoms with van der Waals surface area (Å²) in [5.74, 6) is 1.18. The van der Waals surface area contributed by atoms with Crippen LogP contribution < -0.4 is 10.2 Å². The van der Waals surface area contributed by atoms with Gasteiger partial charge in [-0.05, 0) is 31.2 Å². The second-order valence-corrected chi connectivity index (χ2v) is 5.56. The van der Waals surface area contributed by atoms with Gasteiger partial charge in [-0.3, -0.25) is 10.2 Å². The Hall–Kier alpha value is -2.48. The van der Waals surface area contributed by atoms with Gasteiger partial charge in [0.25, 0.3) is 0 Å². The fourth-order valence-electron chi connectivity index (χ4n) is 2.12. The molecule has 0 unspecified atom stereocenters. The molecular weight excluding hydrogens is 316 g/mol. The lowest BCUT2D eigenvalue weighted by atomic mass is 10.2. The molecule has 0 fully saturated rings. The minimum absolute atomic E-state index is 0.181. The summed E-state index contributed by atoms with van der Waals surface area (Å²) in [5, 5.41) is 10.9. The number of benzene rings is 1. The van der Waals surface area contributed by atoms with E-state index in [2.05, 4.69) is 15.6 Å². The molecule has 2 heterocycles. The van der Waals surface area contributed by atoms with Gasteiger partial charge in [-0.1, -0.05) is 11.8 Å². The molecule has 0 bridgehead atoms. The van der Waals surface area contributed by atoms with Crippen molar-refractivity contribution in [2.75, 3.05) is 19.1 Å².